The molecule has 0 fully saturated rings. The molecule has 1 aliphatic carbocycles. The minimum Gasteiger partial charge on any atom is -1.00 e. The van der Waals surface area contributed by atoms with Gasteiger partial charge in [0.2, 0.25) is 0 Å². The third-order valence-corrected chi connectivity index (χ3v) is 31.3. The van der Waals surface area contributed by atoms with E-state index in [1.54, 1.807) is 27.5 Å². The predicted molar refractivity (Wildman–Crippen MR) is 165 cm³/mol. The molecule has 0 N–H and O–H groups in total. The second kappa shape index (κ2) is 11.3. The van der Waals surface area contributed by atoms with E-state index in [1.807, 2.05) is 8.46 Å². The molecule has 4 heteroatoms. The van der Waals surface area contributed by atoms with Crippen LogP contribution in [0, 0.1) is 5.92 Å². The van der Waals surface area contributed by atoms with Crippen LogP contribution in [0.5, 0.6) is 0 Å². The van der Waals surface area contributed by atoms with Gasteiger partial charge in [0.1, 0.15) is 0 Å². The Balaban J connectivity index is 0.00000151. The minimum absolute atomic E-state index is 0. The number of hydrogen-bond acceptors (Lipinski definition) is 0. The number of rotatable bonds is 5. The van der Waals surface area contributed by atoms with Crippen molar-refractivity contribution in [1.82, 2.24) is 0 Å². The molecule has 0 saturated heterocycles. The summed E-state index contributed by atoms with van der Waals surface area (Å²) in [5, 5.41) is 3.57. The average molecular weight is 666 g/mol. The van der Waals surface area contributed by atoms with Gasteiger partial charge in [-0.25, -0.2) is 0 Å². The summed E-state index contributed by atoms with van der Waals surface area (Å²) in [6, 6.07) is 43.8. The van der Waals surface area contributed by atoms with Crippen molar-refractivity contribution in [1.29, 1.82) is 0 Å². The van der Waals surface area contributed by atoms with Gasteiger partial charge < -0.3 is 24.8 Å². The molecule has 0 spiro atoms. The Bertz CT molecular complexity index is 1780. The van der Waals surface area contributed by atoms with Crippen molar-refractivity contribution in [2.24, 2.45) is 5.92 Å². The van der Waals surface area contributed by atoms with E-state index in [0.717, 1.165) is 0 Å². The molecule has 0 nitrogen and oxygen atoms in total. The van der Waals surface area contributed by atoms with Crippen molar-refractivity contribution in [2.45, 2.75) is 23.9 Å². The van der Waals surface area contributed by atoms with Gasteiger partial charge in [-0.05, 0) is 0 Å². The fourth-order valence-electron chi connectivity index (χ4n) is 7.54. The molecule has 2 heterocycles. The third-order valence-electron chi connectivity index (χ3n) is 8.97. The maximum Gasteiger partial charge on any atom is -1.00 e. The number of benzene rings is 5. The smallest absolute Gasteiger partial charge is 1.00 e. The molecule has 201 valence electrons. The van der Waals surface area contributed by atoms with Gasteiger partial charge in [-0.2, -0.15) is 0 Å². The molecule has 0 amide bonds. The van der Waals surface area contributed by atoms with Crippen molar-refractivity contribution in [3.63, 3.8) is 0 Å². The summed E-state index contributed by atoms with van der Waals surface area (Å²) in [6.07, 6.45) is 3.86. The molecule has 5 aromatic carbocycles. The SMILES string of the molecule is CC(C)CC1=Cc2c(ccc(-c3ccccc3)c2-c2ccccc2)[CH]1[Zr+2]1[c]2cccc3c2[SiH]1c1ccccc1-3.[Cl-].[Cl-]. The first kappa shape index (κ1) is 28.6. The van der Waals surface area contributed by atoms with E-state index in [0.29, 0.717) is 9.54 Å². The first-order valence-electron chi connectivity index (χ1n) is 14.3. The van der Waals surface area contributed by atoms with Gasteiger partial charge >= 0.3 is 242 Å². The summed E-state index contributed by atoms with van der Waals surface area (Å²) < 4.78 is 2.49. The molecule has 2 unspecified atom stereocenters. The van der Waals surface area contributed by atoms with Crippen LogP contribution in [0.15, 0.2) is 121 Å². The standard InChI is InChI=1S/C25H23.C12H8Si.2ClH.Zr/c1-18(2)15-19-16-22-13-14-23(20-9-5-3-6-10-20)25(24(22)17-19)21-11-7-4-8-12-21;1-3-7-11-9(5-1)10-6-2-4-8-12(10)13-11;;;/h3-14,16-18H,15H2,1-2H3;1-7,13H;2*1H;/q;;;;+2/p-2. The van der Waals surface area contributed by atoms with E-state index in [2.05, 4.69) is 135 Å². The van der Waals surface area contributed by atoms with Crippen molar-refractivity contribution in [3.8, 4) is 33.4 Å². The van der Waals surface area contributed by atoms with E-state index in [-0.39, 0.29) is 24.8 Å². The van der Waals surface area contributed by atoms with Gasteiger partial charge in [0, 0.05) is 0 Å². The van der Waals surface area contributed by atoms with Crippen LogP contribution in [0.4, 0.5) is 0 Å². The summed E-state index contributed by atoms with van der Waals surface area (Å²) in [7, 11) is 0. The third kappa shape index (κ3) is 4.42. The topological polar surface area (TPSA) is 0 Å². The molecule has 2 aliphatic heterocycles. The Morgan fingerprint density at radius 1 is 0.659 bits per heavy atom. The molecule has 3 aliphatic rings. The summed E-state index contributed by atoms with van der Waals surface area (Å²) in [5.74, 6) is -0.438. The molecule has 0 saturated carbocycles. The molecular weight excluding hydrogens is 635 g/mol. The fourth-order valence-corrected chi connectivity index (χ4v) is 33.7. The second-order valence-electron chi connectivity index (χ2n) is 11.7. The summed E-state index contributed by atoms with van der Waals surface area (Å²) in [6.45, 7) is 4.80. The summed E-state index contributed by atoms with van der Waals surface area (Å²) in [5.41, 5.74) is 13.4. The molecule has 2 atom stereocenters. The largest absolute Gasteiger partial charge is 1.00 e. The van der Waals surface area contributed by atoms with Gasteiger partial charge in [0.15, 0.2) is 0 Å². The van der Waals surface area contributed by atoms with Crippen LogP contribution in [-0.4, -0.2) is 5.92 Å². The maximum atomic E-state index is 2.65. The number of hydrogen-bond donors (Lipinski definition) is 0. The Morgan fingerprint density at radius 3 is 2.05 bits per heavy atom. The van der Waals surface area contributed by atoms with Gasteiger partial charge in [-0.15, -0.1) is 0 Å². The molecule has 5 aromatic rings. The van der Waals surface area contributed by atoms with Gasteiger partial charge in [-0.1, -0.05) is 0 Å². The van der Waals surface area contributed by atoms with Crippen molar-refractivity contribution in [3.05, 3.63) is 132 Å². The Morgan fingerprint density at radius 2 is 1.32 bits per heavy atom. The van der Waals surface area contributed by atoms with E-state index in [4.69, 9.17) is 0 Å². The van der Waals surface area contributed by atoms with E-state index >= 15 is 0 Å². The number of allylic oxidation sites excluding steroid dienone is 1. The van der Waals surface area contributed by atoms with Gasteiger partial charge in [-0.3, -0.25) is 0 Å². The van der Waals surface area contributed by atoms with Crippen molar-refractivity contribution < 1.29 is 45.7 Å². The number of fused-ring (bicyclic) bond motifs is 4. The predicted octanol–water partition coefficient (Wildman–Crippen LogP) is 1.29. The zero-order chi connectivity index (χ0) is 26.1. The quantitative estimate of drug-likeness (QED) is 0.249. The second-order valence-corrected chi connectivity index (χ2v) is 26.7. The van der Waals surface area contributed by atoms with E-state index in [9.17, 15) is 0 Å². The Hall–Kier alpha value is -2.48. The summed E-state index contributed by atoms with van der Waals surface area (Å²) in [4.78, 5) is 0. The van der Waals surface area contributed by atoms with Crippen molar-refractivity contribution in [2.75, 3.05) is 0 Å². The maximum absolute atomic E-state index is 2.65. The molecule has 0 radical (unpaired) electrons. The van der Waals surface area contributed by atoms with Crippen LogP contribution >= 0.6 is 0 Å². The van der Waals surface area contributed by atoms with Crippen LogP contribution in [0.25, 0.3) is 39.5 Å². The van der Waals surface area contributed by atoms with Crippen LogP contribution in [0.2, 0.25) is 0 Å². The van der Waals surface area contributed by atoms with Crippen molar-refractivity contribution >= 4 is 25.6 Å². The molecule has 8 rings (SSSR count). The van der Waals surface area contributed by atoms with Crippen LogP contribution < -0.4 is 38.5 Å². The Labute approximate surface area is 264 Å². The first-order chi connectivity index (χ1) is 19.2. The molecular formula is C37H31Cl2SiZr. The summed E-state index contributed by atoms with van der Waals surface area (Å²) >= 11 is -2.01. The molecule has 0 bridgehead atoms. The monoisotopic (exact) mass is 663 g/mol. The zero-order valence-corrected chi connectivity index (χ0v) is 28.4. The average Bonchev–Trinajstić information content (AvgIpc) is 3.47. The van der Waals surface area contributed by atoms with E-state index < -0.39 is 26.8 Å². The Kier molecular flexibility index (Phi) is 7.90. The molecule has 41 heavy (non-hydrogen) atoms. The van der Waals surface area contributed by atoms with Gasteiger partial charge in [0.05, 0.1) is 0 Å². The van der Waals surface area contributed by atoms with Crippen LogP contribution in [0.3, 0.4) is 0 Å². The van der Waals surface area contributed by atoms with Crippen LogP contribution in [-0.2, 0) is 20.9 Å². The normalized spacial score (nSPS) is 17.0. The number of halogens is 2. The molecule has 0 aromatic heterocycles. The van der Waals surface area contributed by atoms with Crippen LogP contribution in [0.1, 0.15) is 35.0 Å². The zero-order valence-electron chi connectivity index (χ0n) is 23.2. The first-order valence-corrected chi connectivity index (χ1v) is 22.9. The fraction of sp³-hybridized carbons (Fsp3) is 0.135. The van der Waals surface area contributed by atoms with Gasteiger partial charge in [0.25, 0.3) is 0 Å². The van der Waals surface area contributed by atoms with E-state index in [1.165, 1.54) is 34.2 Å². The minimum atomic E-state index is -2.01.